The van der Waals surface area contributed by atoms with Crippen molar-refractivity contribution < 1.29 is 0 Å². The fourth-order valence-electron chi connectivity index (χ4n) is 4.34. The Hall–Kier alpha value is -0.0400. The third kappa shape index (κ3) is 3.98. The van der Waals surface area contributed by atoms with Gasteiger partial charge in [-0.2, -0.15) is 0 Å². The monoisotopic (exact) mass is 251 g/mol. The maximum Gasteiger partial charge on any atom is 0.00672 e. The molecule has 1 nitrogen and oxygen atoms in total. The zero-order valence-corrected chi connectivity index (χ0v) is 12.4. The van der Waals surface area contributed by atoms with Crippen LogP contribution in [0.15, 0.2) is 0 Å². The molecule has 2 aliphatic rings. The molecule has 0 heterocycles. The molecule has 4 atom stereocenters. The molecular formula is C17H33N. The van der Waals surface area contributed by atoms with Gasteiger partial charge in [0, 0.05) is 6.04 Å². The second-order valence-electron chi connectivity index (χ2n) is 6.89. The Morgan fingerprint density at radius 3 is 2.50 bits per heavy atom. The maximum absolute atomic E-state index is 6.45. The second-order valence-corrected chi connectivity index (χ2v) is 6.89. The average molecular weight is 251 g/mol. The highest BCUT2D eigenvalue weighted by Crippen LogP contribution is 2.43. The maximum atomic E-state index is 6.45. The lowest BCUT2D eigenvalue weighted by Gasteiger charge is -2.41. The Balaban J connectivity index is 1.69. The van der Waals surface area contributed by atoms with Crippen LogP contribution in [0.3, 0.4) is 0 Å². The van der Waals surface area contributed by atoms with Gasteiger partial charge in [0.05, 0.1) is 0 Å². The molecule has 2 N–H and O–H groups in total. The largest absolute Gasteiger partial charge is 0.327 e. The summed E-state index contributed by atoms with van der Waals surface area (Å²) in [5, 5.41) is 0. The fraction of sp³-hybridized carbons (Fsp3) is 1.00. The molecule has 0 saturated heterocycles. The summed E-state index contributed by atoms with van der Waals surface area (Å²) in [6, 6.07) is 0.504. The topological polar surface area (TPSA) is 26.0 Å². The van der Waals surface area contributed by atoms with E-state index in [2.05, 4.69) is 6.92 Å². The van der Waals surface area contributed by atoms with E-state index in [0.29, 0.717) is 6.04 Å². The van der Waals surface area contributed by atoms with Gasteiger partial charge in [0.15, 0.2) is 0 Å². The molecule has 0 radical (unpaired) electrons. The summed E-state index contributed by atoms with van der Waals surface area (Å²) < 4.78 is 0. The van der Waals surface area contributed by atoms with Gasteiger partial charge >= 0.3 is 0 Å². The standard InChI is InChI=1S/C17H33N/c1-2-3-4-5-10-17(18)16-12-11-14-8-6-7-9-15(14)13-16/h14-17H,2-13,18H2,1H3. The van der Waals surface area contributed by atoms with E-state index in [4.69, 9.17) is 5.73 Å². The van der Waals surface area contributed by atoms with E-state index in [9.17, 15) is 0 Å². The second kappa shape index (κ2) is 7.53. The van der Waals surface area contributed by atoms with E-state index in [-0.39, 0.29) is 0 Å². The zero-order chi connectivity index (χ0) is 12.8. The lowest BCUT2D eigenvalue weighted by atomic mass is 9.66. The number of fused-ring (bicyclic) bond motifs is 1. The normalized spacial score (nSPS) is 34.0. The van der Waals surface area contributed by atoms with Crippen molar-refractivity contribution in [2.45, 2.75) is 90.0 Å². The fourth-order valence-corrected chi connectivity index (χ4v) is 4.34. The molecule has 0 bridgehead atoms. The van der Waals surface area contributed by atoms with Crippen LogP contribution in [0, 0.1) is 17.8 Å². The quantitative estimate of drug-likeness (QED) is 0.668. The Morgan fingerprint density at radius 2 is 1.72 bits per heavy atom. The van der Waals surface area contributed by atoms with Crippen molar-refractivity contribution in [3.05, 3.63) is 0 Å². The molecule has 2 aliphatic carbocycles. The van der Waals surface area contributed by atoms with Crippen LogP contribution >= 0.6 is 0 Å². The Labute approximate surface area is 114 Å². The van der Waals surface area contributed by atoms with E-state index in [1.54, 1.807) is 0 Å². The number of nitrogens with two attached hydrogens (primary N) is 1. The smallest absolute Gasteiger partial charge is 0.00672 e. The molecule has 4 unspecified atom stereocenters. The minimum Gasteiger partial charge on any atom is -0.327 e. The van der Waals surface area contributed by atoms with Crippen molar-refractivity contribution in [2.24, 2.45) is 23.5 Å². The summed E-state index contributed by atoms with van der Waals surface area (Å²) in [6.45, 7) is 2.28. The minimum absolute atomic E-state index is 0.504. The molecule has 18 heavy (non-hydrogen) atoms. The molecule has 106 valence electrons. The third-order valence-electron chi connectivity index (χ3n) is 5.58. The number of unbranched alkanes of at least 4 members (excludes halogenated alkanes) is 3. The number of hydrogen-bond acceptors (Lipinski definition) is 1. The first-order valence-corrected chi connectivity index (χ1v) is 8.56. The highest BCUT2D eigenvalue weighted by molar-refractivity contribution is 4.87. The summed E-state index contributed by atoms with van der Waals surface area (Å²) in [6.07, 6.45) is 17.1. The van der Waals surface area contributed by atoms with Crippen molar-refractivity contribution in [1.82, 2.24) is 0 Å². The molecule has 2 saturated carbocycles. The minimum atomic E-state index is 0.504. The third-order valence-corrected chi connectivity index (χ3v) is 5.58. The van der Waals surface area contributed by atoms with Crippen LogP contribution in [-0.2, 0) is 0 Å². The van der Waals surface area contributed by atoms with Crippen molar-refractivity contribution in [1.29, 1.82) is 0 Å². The van der Waals surface area contributed by atoms with Crippen LogP contribution in [0.5, 0.6) is 0 Å². The Morgan fingerprint density at radius 1 is 0.944 bits per heavy atom. The summed E-state index contributed by atoms with van der Waals surface area (Å²) in [4.78, 5) is 0. The molecule has 0 amide bonds. The molecule has 0 aromatic carbocycles. The lowest BCUT2D eigenvalue weighted by Crippen LogP contribution is -2.37. The van der Waals surface area contributed by atoms with Gasteiger partial charge in [-0.3, -0.25) is 0 Å². The molecule has 0 spiro atoms. The molecule has 1 heteroatoms. The van der Waals surface area contributed by atoms with Crippen molar-refractivity contribution in [3.8, 4) is 0 Å². The average Bonchev–Trinajstić information content (AvgIpc) is 2.43. The van der Waals surface area contributed by atoms with E-state index in [0.717, 1.165) is 17.8 Å². The molecule has 2 fully saturated rings. The number of hydrogen-bond donors (Lipinski definition) is 1. The van der Waals surface area contributed by atoms with Crippen LogP contribution in [0.25, 0.3) is 0 Å². The summed E-state index contributed by atoms with van der Waals surface area (Å²) in [7, 11) is 0. The van der Waals surface area contributed by atoms with Crippen molar-refractivity contribution in [3.63, 3.8) is 0 Å². The lowest BCUT2D eigenvalue weighted by molar-refractivity contribution is 0.115. The van der Waals surface area contributed by atoms with Crippen LogP contribution in [0.1, 0.15) is 84.0 Å². The van der Waals surface area contributed by atoms with E-state index in [1.165, 1.54) is 77.0 Å². The van der Waals surface area contributed by atoms with Crippen molar-refractivity contribution in [2.75, 3.05) is 0 Å². The first-order valence-electron chi connectivity index (χ1n) is 8.56. The van der Waals surface area contributed by atoms with Gasteiger partial charge in [0.25, 0.3) is 0 Å². The summed E-state index contributed by atoms with van der Waals surface area (Å²) in [5.41, 5.74) is 6.45. The molecule has 0 aliphatic heterocycles. The first-order chi connectivity index (χ1) is 8.81. The van der Waals surface area contributed by atoms with Crippen molar-refractivity contribution >= 4 is 0 Å². The predicted molar refractivity (Wildman–Crippen MR) is 79.5 cm³/mol. The zero-order valence-electron chi connectivity index (χ0n) is 12.4. The number of rotatable bonds is 6. The van der Waals surface area contributed by atoms with E-state index < -0.39 is 0 Å². The highest BCUT2D eigenvalue weighted by atomic mass is 14.7. The van der Waals surface area contributed by atoms with Crippen LogP contribution in [-0.4, -0.2) is 6.04 Å². The van der Waals surface area contributed by atoms with Gasteiger partial charge in [-0.1, -0.05) is 58.3 Å². The Kier molecular flexibility index (Phi) is 6.01. The van der Waals surface area contributed by atoms with Crippen LogP contribution in [0.2, 0.25) is 0 Å². The highest BCUT2D eigenvalue weighted by Gasteiger charge is 2.33. The molecule has 0 aromatic rings. The summed E-state index contributed by atoms with van der Waals surface area (Å²) >= 11 is 0. The molecular weight excluding hydrogens is 218 g/mol. The van der Waals surface area contributed by atoms with E-state index in [1.807, 2.05) is 0 Å². The Bertz CT molecular complexity index is 226. The first kappa shape index (κ1) is 14.4. The van der Waals surface area contributed by atoms with Gasteiger partial charge in [-0.15, -0.1) is 0 Å². The van der Waals surface area contributed by atoms with Gasteiger partial charge in [0.1, 0.15) is 0 Å². The van der Waals surface area contributed by atoms with Crippen LogP contribution < -0.4 is 5.73 Å². The van der Waals surface area contributed by atoms with Gasteiger partial charge in [-0.25, -0.2) is 0 Å². The van der Waals surface area contributed by atoms with Gasteiger partial charge < -0.3 is 5.73 Å². The van der Waals surface area contributed by atoms with Gasteiger partial charge in [0.2, 0.25) is 0 Å². The molecule has 0 aromatic heterocycles. The van der Waals surface area contributed by atoms with Crippen LogP contribution in [0.4, 0.5) is 0 Å². The van der Waals surface area contributed by atoms with Gasteiger partial charge in [-0.05, 0) is 43.4 Å². The SMILES string of the molecule is CCCCCCC(N)C1CCC2CCCCC2C1. The summed E-state index contributed by atoms with van der Waals surface area (Å²) in [5.74, 6) is 2.97. The predicted octanol–water partition coefficient (Wildman–Crippen LogP) is 4.89. The molecule has 2 rings (SSSR count). The van der Waals surface area contributed by atoms with E-state index >= 15 is 0 Å².